The summed E-state index contributed by atoms with van der Waals surface area (Å²) in [5, 5.41) is 2.79. The number of anilines is 1. The van der Waals surface area contributed by atoms with E-state index in [4.69, 9.17) is 4.74 Å². The molecular formula is C17H29N5O2. The van der Waals surface area contributed by atoms with Gasteiger partial charge in [0.25, 0.3) is 0 Å². The number of nitrogens with one attached hydrogen (secondary N) is 1. The number of rotatable bonds is 8. The Balaban J connectivity index is 1.87. The van der Waals surface area contributed by atoms with Gasteiger partial charge >= 0.3 is 0 Å². The Morgan fingerprint density at radius 3 is 2.79 bits per heavy atom. The maximum Gasteiger partial charge on any atom is 0.243 e. The number of carbonyl (C=O) groups is 1. The van der Waals surface area contributed by atoms with Gasteiger partial charge in [-0.05, 0) is 26.3 Å². The summed E-state index contributed by atoms with van der Waals surface area (Å²) in [5.74, 6) is 0.301. The first-order chi connectivity index (χ1) is 11.7. The maximum absolute atomic E-state index is 12.4. The molecule has 0 aromatic carbocycles. The van der Waals surface area contributed by atoms with Crippen LogP contribution in [0.5, 0.6) is 0 Å². The summed E-state index contributed by atoms with van der Waals surface area (Å²) in [5.41, 5.74) is 0. The zero-order valence-corrected chi connectivity index (χ0v) is 14.9. The highest BCUT2D eigenvalue weighted by atomic mass is 16.5. The molecule has 134 valence electrons. The molecule has 7 nitrogen and oxygen atoms in total. The monoisotopic (exact) mass is 335 g/mol. The molecule has 1 aliphatic rings. The van der Waals surface area contributed by atoms with Crippen molar-refractivity contribution in [3.8, 4) is 0 Å². The Labute approximate surface area is 144 Å². The van der Waals surface area contributed by atoms with Gasteiger partial charge in [-0.15, -0.1) is 0 Å². The van der Waals surface area contributed by atoms with E-state index < -0.39 is 0 Å². The number of amides is 1. The highest BCUT2D eigenvalue weighted by Gasteiger charge is 2.30. The molecule has 1 aromatic rings. The van der Waals surface area contributed by atoms with E-state index in [1.807, 2.05) is 13.8 Å². The minimum absolute atomic E-state index is 0.0566. The van der Waals surface area contributed by atoms with Gasteiger partial charge in [-0.25, -0.2) is 9.97 Å². The largest absolute Gasteiger partial charge is 0.380 e. The number of ether oxygens (including phenoxy) is 1. The predicted molar refractivity (Wildman–Crippen MR) is 93.8 cm³/mol. The molecule has 2 rings (SSSR count). The highest BCUT2D eigenvalue weighted by Crippen LogP contribution is 2.15. The number of piperazine rings is 1. The van der Waals surface area contributed by atoms with Gasteiger partial charge in [0.15, 0.2) is 0 Å². The summed E-state index contributed by atoms with van der Waals surface area (Å²) in [6.07, 6.45) is 4.31. The summed E-state index contributed by atoms with van der Waals surface area (Å²) in [6.45, 7) is 11.4. The molecule has 1 saturated heterocycles. The van der Waals surface area contributed by atoms with Crippen molar-refractivity contribution in [2.45, 2.75) is 39.3 Å². The topological polar surface area (TPSA) is 70.6 Å². The zero-order valence-electron chi connectivity index (χ0n) is 14.9. The first-order valence-corrected chi connectivity index (χ1v) is 8.79. The van der Waals surface area contributed by atoms with Gasteiger partial charge in [0.1, 0.15) is 0 Å². The van der Waals surface area contributed by atoms with Crippen LogP contribution in [-0.4, -0.2) is 77.2 Å². The highest BCUT2D eigenvalue weighted by molar-refractivity contribution is 5.93. The van der Waals surface area contributed by atoms with Crippen LogP contribution < -0.4 is 5.32 Å². The molecule has 0 unspecified atom stereocenters. The Morgan fingerprint density at radius 1 is 1.38 bits per heavy atom. The summed E-state index contributed by atoms with van der Waals surface area (Å²) in [6, 6.07) is 1.99. The molecule has 1 aromatic heterocycles. The lowest BCUT2D eigenvalue weighted by atomic mass is 10.1. The van der Waals surface area contributed by atoms with Crippen molar-refractivity contribution in [2.75, 3.05) is 44.7 Å². The van der Waals surface area contributed by atoms with E-state index >= 15 is 0 Å². The molecule has 0 bridgehead atoms. The minimum Gasteiger partial charge on any atom is -0.380 e. The van der Waals surface area contributed by atoms with Crippen LogP contribution in [0.2, 0.25) is 0 Å². The van der Waals surface area contributed by atoms with Crippen LogP contribution in [0.15, 0.2) is 18.5 Å². The van der Waals surface area contributed by atoms with Crippen molar-refractivity contribution in [3.05, 3.63) is 18.5 Å². The first-order valence-electron chi connectivity index (χ1n) is 8.79. The van der Waals surface area contributed by atoms with Crippen molar-refractivity contribution in [1.82, 2.24) is 19.8 Å². The molecule has 1 N–H and O–H groups in total. The van der Waals surface area contributed by atoms with Crippen LogP contribution in [0.3, 0.4) is 0 Å². The summed E-state index contributed by atoms with van der Waals surface area (Å²) in [4.78, 5) is 25.2. The maximum atomic E-state index is 12.4. The lowest BCUT2D eigenvalue weighted by molar-refractivity contribution is -0.122. The molecule has 2 atom stereocenters. The normalized spacial score (nSPS) is 20.7. The fraction of sp³-hybridized carbons (Fsp3) is 0.706. The van der Waals surface area contributed by atoms with Gasteiger partial charge in [0.05, 0.1) is 12.6 Å². The molecule has 1 fully saturated rings. The lowest BCUT2D eigenvalue weighted by Crippen LogP contribution is -2.57. The lowest BCUT2D eigenvalue weighted by Gasteiger charge is -2.43. The molecular weight excluding hydrogens is 306 g/mol. The standard InChI is InChI=1S/C17H29N5O2/c1-4-15-13-22(10-9-21(15)11-12-24-5-2)14(3)16(23)20-17-18-7-6-8-19-17/h6-8,14-15H,4-5,9-13H2,1-3H3,(H,18,19,20,23)/t14-,15-/m0/s1. The fourth-order valence-electron chi connectivity index (χ4n) is 3.02. The molecule has 0 aliphatic carbocycles. The summed E-state index contributed by atoms with van der Waals surface area (Å²) >= 11 is 0. The second kappa shape index (κ2) is 9.66. The van der Waals surface area contributed by atoms with Gasteiger partial charge in [-0.1, -0.05) is 6.92 Å². The van der Waals surface area contributed by atoms with Crippen LogP contribution in [-0.2, 0) is 9.53 Å². The van der Waals surface area contributed by atoms with Gasteiger partial charge in [0.2, 0.25) is 11.9 Å². The van der Waals surface area contributed by atoms with Crippen LogP contribution in [0.25, 0.3) is 0 Å². The molecule has 0 spiro atoms. The van der Waals surface area contributed by atoms with Gasteiger partial charge in [-0.3, -0.25) is 19.9 Å². The number of nitrogens with zero attached hydrogens (tertiary/aromatic N) is 4. The third kappa shape index (κ3) is 5.22. The fourth-order valence-corrected chi connectivity index (χ4v) is 3.02. The van der Waals surface area contributed by atoms with Crippen molar-refractivity contribution in [2.24, 2.45) is 0 Å². The molecule has 0 radical (unpaired) electrons. The van der Waals surface area contributed by atoms with Gasteiger partial charge in [0, 0.05) is 51.2 Å². The number of hydrogen-bond donors (Lipinski definition) is 1. The third-order valence-corrected chi connectivity index (χ3v) is 4.56. The number of hydrogen-bond acceptors (Lipinski definition) is 6. The van der Waals surface area contributed by atoms with E-state index in [0.717, 1.165) is 45.8 Å². The Hall–Kier alpha value is -1.57. The molecule has 1 aliphatic heterocycles. The predicted octanol–water partition coefficient (Wildman–Crippen LogP) is 1.24. The minimum atomic E-state index is -0.197. The molecule has 24 heavy (non-hydrogen) atoms. The van der Waals surface area contributed by atoms with E-state index in [9.17, 15) is 4.79 Å². The first kappa shape index (κ1) is 18.8. The third-order valence-electron chi connectivity index (χ3n) is 4.56. The van der Waals surface area contributed by atoms with Crippen molar-refractivity contribution in [3.63, 3.8) is 0 Å². The van der Waals surface area contributed by atoms with E-state index in [1.54, 1.807) is 18.5 Å². The summed E-state index contributed by atoms with van der Waals surface area (Å²) < 4.78 is 5.47. The smallest absolute Gasteiger partial charge is 0.243 e. The average molecular weight is 335 g/mol. The zero-order chi connectivity index (χ0) is 17.4. The molecule has 1 amide bonds. The van der Waals surface area contributed by atoms with Gasteiger partial charge in [-0.2, -0.15) is 0 Å². The van der Waals surface area contributed by atoms with E-state index in [0.29, 0.717) is 12.0 Å². The second-order valence-electron chi connectivity index (χ2n) is 6.03. The van der Waals surface area contributed by atoms with E-state index in [-0.39, 0.29) is 11.9 Å². The average Bonchev–Trinajstić information content (AvgIpc) is 2.62. The van der Waals surface area contributed by atoms with Gasteiger partial charge < -0.3 is 4.74 Å². The van der Waals surface area contributed by atoms with Crippen LogP contribution in [0, 0.1) is 0 Å². The number of carbonyl (C=O) groups excluding carboxylic acids is 1. The van der Waals surface area contributed by atoms with E-state index in [2.05, 4.69) is 32.0 Å². The Bertz CT molecular complexity index is 499. The van der Waals surface area contributed by atoms with Crippen LogP contribution >= 0.6 is 0 Å². The molecule has 2 heterocycles. The van der Waals surface area contributed by atoms with Crippen molar-refractivity contribution >= 4 is 11.9 Å². The molecule has 7 heteroatoms. The second-order valence-corrected chi connectivity index (χ2v) is 6.03. The Morgan fingerprint density at radius 2 is 2.12 bits per heavy atom. The quantitative estimate of drug-likeness (QED) is 0.721. The molecule has 0 saturated carbocycles. The number of aromatic nitrogens is 2. The van der Waals surface area contributed by atoms with Crippen molar-refractivity contribution < 1.29 is 9.53 Å². The van der Waals surface area contributed by atoms with Crippen LogP contribution in [0.4, 0.5) is 5.95 Å². The van der Waals surface area contributed by atoms with Crippen molar-refractivity contribution in [1.29, 1.82) is 0 Å². The Kier molecular flexibility index (Phi) is 7.55. The summed E-state index contributed by atoms with van der Waals surface area (Å²) in [7, 11) is 0. The SMILES string of the molecule is CCOCCN1CCN([C@@H](C)C(=O)Nc2ncccn2)C[C@@H]1CC. The van der Waals surface area contributed by atoms with E-state index in [1.165, 1.54) is 0 Å². The van der Waals surface area contributed by atoms with Crippen LogP contribution in [0.1, 0.15) is 27.2 Å².